The van der Waals surface area contributed by atoms with E-state index in [1.165, 1.54) is 21.5 Å². The molecule has 2 aromatic heterocycles. The minimum Gasteiger partial charge on any atom is -0.404 e. The van der Waals surface area contributed by atoms with Crippen LogP contribution in [0.2, 0.25) is 0 Å². The van der Waals surface area contributed by atoms with Crippen molar-refractivity contribution in [2.45, 2.75) is 70.4 Å². The molecule has 0 spiro atoms. The number of nitrogens with one attached hydrogen (secondary N) is 2. The average molecular weight is 786 g/mol. The molecule has 1 atom stereocenters. The zero-order valence-electron chi connectivity index (χ0n) is 32.2. The number of imide groups is 1. The number of rotatable bonds is 11. The molecule has 3 aliphatic rings. The highest BCUT2D eigenvalue weighted by Gasteiger charge is 2.32. The molecule has 3 aromatic rings. The first-order valence-electron chi connectivity index (χ1n) is 19.3. The predicted molar refractivity (Wildman–Crippen MR) is 212 cm³/mol. The molecule has 17 heteroatoms. The zero-order valence-corrected chi connectivity index (χ0v) is 32.2. The van der Waals surface area contributed by atoms with E-state index >= 15 is 0 Å². The van der Waals surface area contributed by atoms with Gasteiger partial charge >= 0.3 is 5.69 Å². The number of nitrogens with zero attached hydrogens (tertiary/aromatic N) is 7. The van der Waals surface area contributed by atoms with Crippen LogP contribution in [-0.4, -0.2) is 105 Å². The first-order valence-corrected chi connectivity index (χ1v) is 19.3. The highest BCUT2D eigenvalue weighted by atomic mass is 19.3. The zero-order chi connectivity index (χ0) is 40.6. The maximum Gasteiger partial charge on any atom is 0.329 e. The SMILES string of the molecule is CCc1ccnc(/C(=C\N)C(=O)N/C(C=NC2CCC(CN3CCN(CC#Cc4cccc5c4n(C)c(=O)n5C4CCC(=O)NC4=O)CC3)CC2)=C(/N)C(F)F)n1. The number of piperidine rings is 1. The van der Waals surface area contributed by atoms with Crippen molar-refractivity contribution in [3.63, 3.8) is 0 Å². The molecule has 57 heavy (non-hydrogen) atoms. The molecule has 6 N–H and O–H groups in total. The van der Waals surface area contributed by atoms with Gasteiger partial charge in [-0.1, -0.05) is 24.8 Å². The highest BCUT2D eigenvalue weighted by Crippen LogP contribution is 2.28. The Morgan fingerprint density at radius 2 is 1.82 bits per heavy atom. The van der Waals surface area contributed by atoms with Crippen LogP contribution < -0.4 is 27.8 Å². The molecule has 1 aromatic carbocycles. The Morgan fingerprint density at radius 3 is 2.51 bits per heavy atom. The molecule has 6 rings (SSSR count). The number of halogens is 2. The van der Waals surface area contributed by atoms with Crippen LogP contribution in [-0.2, 0) is 27.9 Å². The van der Waals surface area contributed by atoms with Gasteiger partial charge in [-0.3, -0.25) is 38.7 Å². The molecule has 302 valence electrons. The van der Waals surface area contributed by atoms with Gasteiger partial charge in [-0.15, -0.1) is 0 Å². The number of para-hydroxylation sites is 1. The second-order valence-corrected chi connectivity index (χ2v) is 14.6. The fourth-order valence-corrected chi connectivity index (χ4v) is 7.63. The molecule has 3 fully saturated rings. The quantitative estimate of drug-likeness (QED) is 0.0963. The first kappa shape index (κ1) is 40.9. The van der Waals surface area contributed by atoms with E-state index in [-0.39, 0.29) is 47.6 Å². The van der Waals surface area contributed by atoms with Gasteiger partial charge in [0.05, 0.1) is 40.5 Å². The van der Waals surface area contributed by atoms with Crippen molar-refractivity contribution < 1.29 is 23.2 Å². The number of hydrogen-bond acceptors (Lipinski definition) is 11. The van der Waals surface area contributed by atoms with Crippen LogP contribution in [0.4, 0.5) is 8.78 Å². The average Bonchev–Trinajstić information content (AvgIpc) is 3.46. The van der Waals surface area contributed by atoms with Crippen LogP contribution in [0.1, 0.15) is 68.6 Å². The van der Waals surface area contributed by atoms with Crippen LogP contribution in [0.15, 0.2) is 57.8 Å². The molecule has 1 saturated carbocycles. The van der Waals surface area contributed by atoms with Gasteiger partial charge in [0.1, 0.15) is 11.7 Å². The van der Waals surface area contributed by atoms with Crippen molar-refractivity contribution in [1.29, 1.82) is 0 Å². The first-order chi connectivity index (χ1) is 27.5. The molecular formula is C40H49F2N11O4. The summed E-state index contributed by atoms with van der Waals surface area (Å²) in [5.74, 6) is 5.53. The normalized spacial score (nSPS) is 21.7. The lowest BCUT2D eigenvalue weighted by Gasteiger charge is -2.37. The van der Waals surface area contributed by atoms with Crippen LogP contribution >= 0.6 is 0 Å². The second kappa shape index (κ2) is 18.5. The van der Waals surface area contributed by atoms with Gasteiger partial charge < -0.3 is 21.7 Å². The number of aryl methyl sites for hydroxylation is 2. The van der Waals surface area contributed by atoms with Gasteiger partial charge in [0, 0.05) is 70.5 Å². The highest BCUT2D eigenvalue weighted by molar-refractivity contribution is 6.19. The third kappa shape index (κ3) is 9.63. The fourth-order valence-electron chi connectivity index (χ4n) is 7.63. The Balaban J connectivity index is 0.980. The third-order valence-corrected chi connectivity index (χ3v) is 10.9. The number of nitrogens with two attached hydrogens (primary N) is 2. The van der Waals surface area contributed by atoms with Crippen molar-refractivity contribution in [3.8, 4) is 11.8 Å². The second-order valence-electron chi connectivity index (χ2n) is 14.6. The number of aliphatic imine (C=N–C) groups is 1. The van der Waals surface area contributed by atoms with E-state index in [1.54, 1.807) is 19.2 Å². The summed E-state index contributed by atoms with van der Waals surface area (Å²) in [6.45, 7) is 6.99. The lowest BCUT2D eigenvalue weighted by molar-refractivity contribution is -0.135. The number of allylic oxidation sites excluding steroid dienone is 2. The van der Waals surface area contributed by atoms with Crippen molar-refractivity contribution >= 4 is 40.5 Å². The van der Waals surface area contributed by atoms with Crippen molar-refractivity contribution in [2.24, 2.45) is 29.4 Å². The number of hydrogen-bond donors (Lipinski definition) is 4. The van der Waals surface area contributed by atoms with Crippen LogP contribution in [0.5, 0.6) is 0 Å². The van der Waals surface area contributed by atoms with Crippen molar-refractivity contribution in [1.82, 2.24) is 39.5 Å². The molecule has 2 aliphatic heterocycles. The van der Waals surface area contributed by atoms with Gasteiger partial charge in [-0.05, 0) is 62.6 Å². The Labute approximate surface area is 329 Å². The number of imidazole rings is 1. The molecule has 1 unspecified atom stereocenters. The molecular weight excluding hydrogens is 737 g/mol. The lowest BCUT2D eigenvalue weighted by atomic mass is 9.86. The molecule has 1 aliphatic carbocycles. The topological polar surface area (TPSA) is 199 Å². The summed E-state index contributed by atoms with van der Waals surface area (Å²) >= 11 is 0. The van der Waals surface area contributed by atoms with E-state index < -0.39 is 30.0 Å². The summed E-state index contributed by atoms with van der Waals surface area (Å²) in [4.78, 5) is 68.3. The number of alkyl halides is 2. The summed E-state index contributed by atoms with van der Waals surface area (Å²) in [6.07, 6.45) is 5.27. The summed E-state index contributed by atoms with van der Waals surface area (Å²) in [7, 11) is 1.67. The van der Waals surface area contributed by atoms with Gasteiger partial charge in [-0.2, -0.15) is 0 Å². The summed E-state index contributed by atoms with van der Waals surface area (Å²) < 4.78 is 30.3. The monoisotopic (exact) mass is 785 g/mol. The predicted octanol–water partition coefficient (Wildman–Crippen LogP) is 1.82. The minimum absolute atomic E-state index is 0.0732. The molecule has 3 amide bonds. The summed E-state index contributed by atoms with van der Waals surface area (Å²) in [5.41, 5.74) is 12.6. The van der Waals surface area contributed by atoms with Gasteiger partial charge in [0.25, 0.3) is 12.3 Å². The Kier molecular flexibility index (Phi) is 13.3. The molecule has 2 saturated heterocycles. The van der Waals surface area contributed by atoms with E-state index in [2.05, 4.69) is 47.2 Å². The number of fused-ring (bicyclic) bond motifs is 1. The summed E-state index contributed by atoms with van der Waals surface area (Å²) in [5, 5.41) is 4.78. The molecule has 15 nitrogen and oxygen atoms in total. The number of amides is 3. The van der Waals surface area contributed by atoms with Crippen LogP contribution in [0, 0.1) is 17.8 Å². The van der Waals surface area contributed by atoms with Gasteiger partial charge in [0.2, 0.25) is 11.8 Å². The largest absolute Gasteiger partial charge is 0.404 e. The van der Waals surface area contributed by atoms with E-state index in [0.29, 0.717) is 41.2 Å². The smallest absolute Gasteiger partial charge is 0.329 e. The van der Waals surface area contributed by atoms with E-state index in [4.69, 9.17) is 11.5 Å². The van der Waals surface area contributed by atoms with Crippen molar-refractivity contribution in [3.05, 3.63) is 75.6 Å². The Hall–Kier alpha value is -5.73. The minimum atomic E-state index is -3.00. The van der Waals surface area contributed by atoms with E-state index in [0.717, 1.165) is 64.6 Å². The van der Waals surface area contributed by atoms with Crippen molar-refractivity contribution in [2.75, 3.05) is 39.3 Å². The number of piperazine rings is 1. The molecule has 0 radical (unpaired) electrons. The standard InChI is InChI=1S/C40H49F2N11O4/c1-3-27-15-16-45-37(47-27)29(22-43)38(55)48-30(34(44)36(41)42)23-46-28-11-9-25(10-12-28)24-52-20-18-51(19-21-52)17-5-7-26-6-4-8-31-35(26)50(2)40(57)53(31)32-13-14-33(54)49-39(32)56/h4,6,8,15-16,22-23,25,28,32,36H,3,9-14,17-21,24,43-44H2,1-2H3,(H,48,55)(H,49,54,56)/b29-22+,34-30+,46-23?. The van der Waals surface area contributed by atoms with Gasteiger partial charge in [-0.25, -0.2) is 23.5 Å². The maximum absolute atomic E-state index is 13.7. The Morgan fingerprint density at radius 1 is 1.09 bits per heavy atom. The van der Waals surface area contributed by atoms with Crippen LogP contribution in [0.3, 0.4) is 0 Å². The number of aromatic nitrogens is 4. The van der Waals surface area contributed by atoms with Gasteiger partial charge in [0.15, 0.2) is 5.82 Å². The maximum atomic E-state index is 13.7. The molecule has 0 bridgehead atoms. The fraction of sp³-hybridized carbons (Fsp3) is 0.475. The summed E-state index contributed by atoms with van der Waals surface area (Å²) in [6, 6.07) is 6.36. The lowest BCUT2D eigenvalue weighted by Crippen LogP contribution is -2.48. The molecule has 4 heterocycles. The number of carbonyl (C=O) groups is 3. The Bertz CT molecular complexity index is 2200. The third-order valence-electron chi connectivity index (χ3n) is 10.9. The van der Waals surface area contributed by atoms with E-state index in [9.17, 15) is 28.0 Å². The number of benzene rings is 1. The van der Waals surface area contributed by atoms with E-state index in [1.807, 2.05) is 19.1 Å². The van der Waals surface area contributed by atoms with Crippen LogP contribution in [0.25, 0.3) is 16.6 Å². The number of carbonyl (C=O) groups excluding carboxylic acids is 3.